The van der Waals surface area contributed by atoms with Crippen LogP contribution >= 0.6 is 0 Å². The third-order valence-corrected chi connectivity index (χ3v) is 1.37. The Kier molecular flexibility index (Phi) is 4.26. The first-order chi connectivity index (χ1) is 4.83. The van der Waals surface area contributed by atoms with Gasteiger partial charge in [0.15, 0.2) is 0 Å². The molecule has 0 heterocycles. The van der Waals surface area contributed by atoms with E-state index in [1.807, 2.05) is 12.1 Å². The third-order valence-electron chi connectivity index (χ3n) is 1.37. The molecular formula is C8H14N2O. The van der Waals surface area contributed by atoms with Gasteiger partial charge in [-0.2, -0.15) is 0 Å². The molecule has 1 aromatic rings. The van der Waals surface area contributed by atoms with Crippen molar-refractivity contribution in [1.82, 2.24) is 6.15 Å². The monoisotopic (exact) mass is 154 g/mol. The van der Waals surface area contributed by atoms with E-state index in [2.05, 4.69) is 0 Å². The summed E-state index contributed by atoms with van der Waals surface area (Å²) >= 11 is 0. The van der Waals surface area contributed by atoms with Crippen molar-refractivity contribution >= 4 is 0 Å². The highest BCUT2D eigenvalue weighted by atomic mass is 16.3. The molecule has 3 heteroatoms. The van der Waals surface area contributed by atoms with Crippen molar-refractivity contribution in [2.45, 2.75) is 6.42 Å². The lowest BCUT2D eigenvalue weighted by atomic mass is 10.1. The zero-order chi connectivity index (χ0) is 7.40. The van der Waals surface area contributed by atoms with Crippen LogP contribution in [0.1, 0.15) is 5.56 Å². The summed E-state index contributed by atoms with van der Waals surface area (Å²) in [6, 6.07) is 7.10. The van der Waals surface area contributed by atoms with Crippen LogP contribution in [0.3, 0.4) is 0 Å². The Morgan fingerprint density at radius 3 is 2.18 bits per heavy atom. The van der Waals surface area contributed by atoms with Crippen LogP contribution in [-0.4, -0.2) is 11.7 Å². The molecule has 11 heavy (non-hydrogen) atoms. The van der Waals surface area contributed by atoms with Gasteiger partial charge in [-0.05, 0) is 30.7 Å². The Hall–Kier alpha value is -1.06. The summed E-state index contributed by atoms with van der Waals surface area (Å²) in [4.78, 5) is 0. The number of rotatable bonds is 2. The van der Waals surface area contributed by atoms with Crippen LogP contribution in [0.2, 0.25) is 0 Å². The predicted molar refractivity (Wildman–Crippen MR) is 45.9 cm³/mol. The maximum absolute atomic E-state index is 8.89. The molecule has 0 amide bonds. The smallest absolute Gasteiger partial charge is 0.115 e. The van der Waals surface area contributed by atoms with Crippen LogP contribution in [0.15, 0.2) is 24.3 Å². The Bertz CT molecular complexity index is 196. The number of phenolic OH excluding ortho intramolecular Hbond substituents is 1. The summed E-state index contributed by atoms with van der Waals surface area (Å²) in [5, 5.41) is 8.89. The minimum Gasteiger partial charge on any atom is -0.508 e. The molecule has 0 radical (unpaired) electrons. The van der Waals surface area contributed by atoms with E-state index in [1.165, 1.54) is 5.56 Å². The fraction of sp³-hybridized carbons (Fsp3) is 0.250. The minimum atomic E-state index is 0. The van der Waals surface area contributed by atoms with Gasteiger partial charge in [-0.25, -0.2) is 0 Å². The Morgan fingerprint density at radius 2 is 1.73 bits per heavy atom. The van der Waals surface area contributed by atoms with Gasteiger partial charge >= 0.3 is 0 Å². The van der Waals surface area contributed by atoms with Crippen LogP contribution in [0, 0.1) is 0 Å². The van der Waals surface area contributed by atoms with Gasteiger partial charge in [-0.1, -0.05) is 12.1 Å². The van der Waals surface area contributed by atoms with Crippen LogP contribution in [-0.2, 0) is 6.42 Å². The van der Waals surface area contributed by atoms with Crippen molar-refractivity contribution in [2.24, 2.45) is 5.73 Å². The molecule has 0 aromatic heterocycles. The summed E-state index contributed by atoms with van der Waals surface area (Å²) in [5.41, 5.74) is 6.50. The number of hydrogen-bond donors (Lipinski definition) is 3. The minimum absolute atomic E-state index is 0. The lowest BCUT2D eigenvalue weighted by molar-refractivity contribution is 0.475. The van der Waals surface area contributed by atoms with Crippen molar-refractivity contribution < 1.29 is 5.11 Å². The largest absolute Gasteiger partial charge is 0.508 e. The van der Waals surface area contributed by atoms with E-state index in [1.54, 1.807) is 12.1 Å². The molecule has 0 atom stereocenters. The first-order valence-corrected chi connectivity index (χ1v) is 3.31. The number of nitrogens with two attached hydrogens (primary N) is 1. The summed E-state index contributed by atoms with van der Waals surface area (Å²) in [7, 11) is 0. The van der Waals surface area contributed by atoms with Crippen LogP contribution < -0.4 is 11.9 Å². The second kappa shape index (κ2) is 4.71. The molecule has 1 aromatic carbocycles. The maximum Gasteiger partial charge on any atom is 0.115 e. The first kappa shape index (κ1) is 9.94. The lowest BCUT2D eigenvalue weighted by Crippen LogP contribution is -2.01. The molecule has 0 aliphatic heterocycles. The summed E-state index contributed by atoms with van der Waals surface area (Å²) in [6.45, 7) is 0.658. The van der Waals surface area contributed by atoms with Gasteiger partial charge in [0.05, 0.1) is 0 Å². The molecule has 6 N–H and O–H groups in total. The molecule has 0 aliphatic rings. The molecule has 0 fully saturated rings. The van der Waals surface area contributed by atoms with Crippen molar-refractivity contribution in [3.8, 4) is 5.75 Å². The zero-order valence-electron chi connectivity index (χ0n) is 6.46. The molecule has 0 aliphatic carbocycles. The van der Waals surface area contributed by atoms with E-state index >= 15 is 0 Å². The van der Waals surface area contributed by atoms with Crippen molar-refractivity contribution in [1.29, 1.82) is 0 Å². The molecule has 0 saturated heterocycles. The molecular weight excluding hydrogens is 140 g/mol. The van der Waals surface area contributed by atoms with Gasteiger partial charge in [0.25, 0.3) is 0 Å². The normalized spacial score (nSPS) is 8.82. The zero-order valence-corrected chi connectivity index (χ0v) is 6.46. The third kappa shape index (κ3) is 3.02. The standard InChI is InChI=1S/C8H11NO.H3N/c9-6-5-7-1-3-8(10)4-2-7;/h1-4,10H,5-6,9H2;1H3. The number of hydrogen-bond acceptors (Lipinski definition) is 3. The van der Waals surface area contributed by atoms with Crippen molar-refractivity contribution in [3.63, 3.8) is 0 Å². The molecule has 3 nitrogen and oxygen atoms in total. The van der Waals surface area contributed by atoms with Crippen LogP contribution in [0.5, 0.6) is 5.75 Å². The van der Waals surface area contributed by atoms with Crippen LogP contribution in [0.4, 0.5) is 0 Å². The molecule has 0 unspecified atom stereocenters. The molecule has 0 bridgehead atoms. The highest BCUT2D eigenvalue weighted by molar-refractivity contribution is 5.25. The van der Waals surface area contributed by atoms with Gasteiger partial charge in [0.1, 0.15) is 5.75 Å². The van der Waals surface area contributed by atoms with E-state index in [0.29, 0.717) is 12.3 Å². The molecule has 1 rings (SSSR count). The average molecular weight is 154 g/mol. The quantitative estimate of drug-likeness (QED) is 0.595. The second-order valence-electron chi connectivity index (χ2n) is 2.21. The van der Waals surface area contributed by atoms with Gasteiger partial charge in [0.2, 0.25) is 0 Å². The van der Waals surface area contributed by atoms with E-state index in [-0.39, 0.29) is 6.15 Å². The van der Waals surface area contributed by atoms with Crippen molar-refractivity contribution in [2.75, 3.05) is 6.54 Å². The fourth-order valence-electron chi connectivity index (χ4n) is 0.829. The fourth-order valence-corrected chi connectivity index (χ4v) is 0.829. The first-order valence-electron chi connectivity index (χ1n) is 3.31. The summed E-state index contributed by atoms with van der Waals surface area (Å²) in [6.07, 6.45) is 0.875. The van der Waals surface area contributed by atoms with Gasteiger partial charge in [0, 0.05) is 0 Å². The van der Waals surface area contributed by atoms with E-state index < -0.39 is 0 Å². The Morgan fingerprint density at radius 1 is 1.18 bits per heavy atom. The predicted octanol–water partition coefficient (Wildman–Crippen LogP) is 1.06. The number of phenols is 1. The Labute approximate surface area is 66.4 Å². The number of benzene rings is 1. The van der Waals surface area contributed by atoms with Crippen molar-refractivity contribution in [3.05, 3.63) is 29.8 Å². The van der Waals surface area contributed by atoms with E-state index in [0.717, 1.165) is 6.42 Å². The topological polar surface area (TPSA) is 81.2 Å². The maximum atomic E-state index is 8.89. The van der Waals surface area contributed by atoms with Gasteiger partial charge in [-0.3, -0.25) is 0 Å². The number of aromatic hydroxyl groups is 1. The van der Waals surface area contributed by atoms with Crippen LogP contribution in [0.25, 0.3) is 0 Å². The molecule has 0 spiro atoms. The highest BCUT2D eigenvalue weighted by Gasteiger charge is 1.89. The highest BCUT2D eigenvalue weighted by Crippen LogP contribution is 2.09. The lowest BCUT2D eigenvalue weighted by Gasteiger charge is -1.96. The van der Waals surface area contributed by atoms with Gasteiger partial charge in [-0.15, -0.1) is 0 Å². The Balaban J connectivity index is 0.000001000. The summed E-state index contributed by atoms with van der Waals surface area (Å²) in [5.74, 6) is 0.306. The van der Waals surface area contributed by atoms with E-state index in [4.69, 9.17) is 10.8 Å². The molecule has 0 saturated carbocycles. The molecule has 62 valence electrons. The van der Waals surface area contributed by atoms with E-state index in [9.17, 15) is 0 Å². The average Bonchev–Trinajstić information content (AvgIpc) is 1.95. The SMILES string of the molecule is N.NCCc1ccc(O)cc1. The summed E-state index contributed by atoms with van der Waals surface area (Å²) < 4.78 is 0. The van der Waals surface area contributed by atoms with Gasteiger partial charge < -0.3 is 17.0 Å². The second-order valence-corrected chi connectivity index (χ2v) is 2.21.